The first-order valence-electron chi connectivity index (χ1n) is 8.19. The molecule has 0 fully saturated rings. The van der Waals surface area contributed by atoms with E-state index in [0.717, 1.165) is 22.3 Å². The molecule has 0 aliphatic carbocycles. The van der Waals surface area contributed by atoms with Gasteiger partial charge in [0.05, 0.1) is 34.5 Å². The van der Waals surface area contributed by atoms with E-state index in [1.54, 1.807) is 10.9 Å². The maximum absolute atomic E-state index is 6.22. The summed E-state index contributed by atoms with van der Waals surface area (Å²) >= 11 is 21.2. The number of rotatable bonds is 6. The van der Waals surface area contributed by atoms with Gasteiger partial charge in [0.15, 0.2) is 10.9 Å². The molecule has 0 unspecified atom stereocenters. The Labute approximate surface area is 181 Å². The summed E-state index contributed by atoms with van der Waals surface area (Å²) in [6.07, 6.45) is 3.50. The first kappa shape index (κ1) is 20.1. The zero-order valence-corrected chi connectivity index (χ0v) is 18.3. The van der Waals surface area contributed by atoms with Crippen LogP contribution in [0.3, 0.4) is 0 Å². The Morgan fingerprint density at radius 2 is 2.04 bits per heavy atom. The van der Waals surface area contributed by atoms with E-state index in [1.807, 2.05) is 42.1 Å². The number of halogens is 3. The number of aromatic nitrogens is 4. The fraction of sp³-hybridized carbons (Fsp3) is 0.235. The molecule has 0 saturated carbocycles. The molecular formula is C17H17BrCl2N6S. The standard InChI is InChI=1S/C17H17BrCl2N6S/c1-2-26-15(14(20)7-22-26)8-21-17(27)23-16-12(18)10-25(24-16)9-11-5-3-4-6-13(11)19/h3-7,10H,2,8-9H2,1H3,(H2,21,23,24,27). The fourth-order valence-corrected chi connectivity index (χ4v) is 3.50. The molecule has 27 heavy (non-hydrogen) atoms. The van der Waals surface area contributed by atoms with Gasteiger partial charge in [-0.15, -0.1) is 0 Å². The van der Waals surface area contributed by atoms with Crippen molar-refractivity contribution in [3.05, 3.63) is 62.4 Å². The predicted molar refractivity (Wildman–Crippen MR) is 116 cm³/mol. The molecular weight excluding hydrogens is 471 g/mol. The number of benzene rings is 1. The lowest BCUT2D eigenvalue weighted by Crippen LogP contribution is -2.29. The van der Waals surface area contributed by atoms with Crippen molar-refractivity contribution in [2.45, 2.75) is 26.6 Å². The number of nitrogens with zero attached hydrogens (tertiary/aromatic N) is 4. The Kier molecular flexibility index (Phi) is 6.75. The summed E-state index contributed by atoms with van der Waals surface area (Å²) in [5.74, 6) is 0.620. The molecule has 142 valence electrons. The van der Waals surface area contributed by atoms with Gasteiger partial charge in [0.25, 0.3) is 0 Å². The molecule has 2 heterocycles. The van der Waals surface area contributed by atoms with Crippen molar-refractivity contribution in [1.82, 2.24) is 24.9 Å². The Morgan fingerprint density at radius 3 is 2.78 bits per heavy atom. The topological polar surface area (TPSA) is 59.7 Å². The lowest BCUT2D eigenvalue weighted by atomic mass is 10.2. The van der Waals surface area contributed by atoms with E-state index in [-0.39, 0.29) is 0 Å². The molecule has 3 aromatic rings. The number of nitrogens with one attached hydrogen (secondary N) is 2. The van der Waals surface area contributed by atoms with Crippen LogP contribution < -0.4 is 10.6 Å². The predicted octanol–water partition coefficient (Wildman–Crippen LogP) is 4.70. The first-order chi connectivity index (χ1) is 13.0. The van der Waals surface area contributed by atoms with E-state index in [9.17, 15) is 0 Å². The highest BCUT2D eigenvalue weighted by Crippen LogP contribution is 2.22. The SMILES string of the molecule is CCn1ncc(Cl)c1CNC(=S)Nc1nn(Cc2ccccc2Cl)cc1Br. The molecule has 0 atom stereocenters. The Morgan fingerprint density at radius 1 is 1.26 bits per heavy atom. The van der Waals surface area contributed by atoms with Gasteiger partial charge in [-0.2, -0.15) is 10.2 Å². The Hall–Kier alpha value is -1.61. The quantitative estimate of drug-likeness (QED) is 0.493. The largest absolute Gasteiger partial charge is 0.357 e. The highest BCUT2D eigenvalue weighted by atomic mass is 79.9. The van der Waals surface area contributed by atoms with E-state index in [2.05, 4.69) is 36.8 Å². The molecule has 0 bridgehead atoms. The highest BCUT2D eigenvalue weighted by molar-refractivity contribution is 9.10. The molecule has 0 aliphatic rings. The van der Waals surface area contributed by atoms with Crippen molar-refractivity contribution in [3.63, 3.8) is 0 Å². The van der Waals surface area contributed by atoms with Gasteiger partial charge in [-0.25, -0.2) is 0 Å². The van der Waals surface area contributed by atoms with Gasteiger partial charge in [-0.1, -0.05) is 41.4 Å². The van der Waals surface area contributed by atoms with Gasteiger partial charge in [0.2, 0.25) is 0 Å². The van der Waals surface area contributed by atoms with Gasteiger partial charge in [0, 0.05) is 17.8 Å². The summed E-state index contributed by atoms with van der Waals surface area (Å²) in [6.45, 7) is 3.77. The van der Waals surface area contributed by atoms with E-state index in [4.69, 9.17) is 35.4 Å². The van der Waals surface area contributed by atoms with Crippen molar-refractivity contribution in [2.75, 3.05) is 5.32 Å². The molecule has 2 N–H and O–H groups in total. The third kappa shape index (κ3) is 5.01. The summed E-state index contributed by atoms with van der Waals surface area (Å²) < 4.78 is 4.42. The molecule has 0 aliphatic heterocycles. The normalized spacial score (nSPS) is 10.8. The van der Waals surface area contributed by atoms with Crippen LogP contribution in [0, 0.1) is 0 Å². The number of hydrogen-bond donors (Lipinski definition) is 2. The lowest BCUT2D eigenvalue weighted by molar-refractivity contribution is 0.614. The van der Waals surface area contributed by atoms with Crippen LogP contribution in [0.15, 0.2) is 41.1 Å². The van der Waals surface area contributed by atoms with E-state index in [1.165, 1.54) is 0 Å². The van der Waals surface area contributed by atoms with Gasteiger partial charge in [-0.3, -0.25) is 9.36 Å². The van der Waals surface area contributed by atoms with Crippen LogP contribution in [0.5, 0.6) is 0 Å². The lowest BCUT2D eigenvalue weighted by Gasteiger charge is -2.10. The first-order valence-corrected chi connectivity index (χ1v) is 10.1. The summed E-state index contributed by atoms with van der Waals surface area (Å²) in [4.78, 5) is 0. The van der Waals surface area contributed by atoms with Crippen LogP contribution in [-0.2, 0) is 19.6 Å². The maximum atomic E-state index is 6.22. The Balaban J connectivity index is 1.62. The smallest absolute Gasteiger partial charge is 0.172 e. The molecule has 0 saturated heterocycles. The molecule has 10 heteroatoms. The minimum absolute atomic E-state index is 0.443. The second kappa shape index (κ2) is 9.05. The third-order valence-electron chi connectivity index (χ3n) is 3.85. The zero-order chi connectivity index (χ0) is 19.4. The van der Waals surface area contributed by atoms with Crippen molar-refractivity contribution < 1.29 is 0 Å². The molecule has 0 amide bonds. The van der Waals surface area contributed by atoms with Gasteiger partial charge >= 0.3 is 0 Å². The van der Waals surface area contributed by atoms with Crippen LogP contribution in [0.25, 0.3) is 0 Å². The maximum Gasteiger partial charge on any atom is 0.172 e. The van der Waals surface area contributed by atoms with Crippen molar-refractivity contribution in [2.24, 2.45) is 0 Å². The van der Waals surface area contributed by atoms with Crippen LogP contribution >= 0.6 is 51.3 Å². The van der Waals surface area contributed by atoms with E-state index in [0.29, 0.717) is 34.1 Å². The minimum Gasteiger partial charge on any atom is -0.357 e. The van der Waals surface area contributed by atoms with Gasteiger partial charge < -0.3 is 10.6 Å². The summed E-state index contributed by atoms with van der Waals surface area (Å²) in [6, 6.07) is 7.68. The molecule has 3 rings (SSSR count). The third-order valence-corrected chi connectivity index (χ3v) is 5.36. The van der Waals surface area contributed by atoms with Crippen LogP contribution in [0.1, 0.15) is 18.2 Å². The minimum atomic E-state index is 0.443. The van der Waals surface area contributed by atoms with Crippen LogP contribution in [0.2, 0.25) is 10.0 Å². The molecule has 0 spiro atoms. The fourth-order valence-electron chi connectivity index (χ4n) is 2.52. The molecule has 2 aromatic heterocycles. The second-order valence-electron chi connectivity index (χ2n) is 5.68. The van der Waals surface area contributed by atoms with Gasteiger partial charge in [-0.05, 0) is 46.7 Å². The summed E-state index contributed by atoms with van der Waals surface area (Å²) in [5.41, 5.74) is 1.87. The number of thiocarbonyl (C=S) groups is 1. The van der Waals surface area contributed by atoms with Gasteiger partial charge in [0.1, 0.15) is 0 Å². The van der Waals surface area contributed by atoms with Crippen LogP contribution in [-0.4, -0.2) is 24.7 Å². The molecule has 1 aromatic carbocycles. The Bertz CT molecular complexity index is 955. The number of anilines is 1. The molecule has 0 radical (unpaired) electrons. The molecule has 6 nitrogen and oxygen atoms in total. The van der Waals surface area contributed by atoms with Crippen molar-refractivity contribution in [1.29, 1.82) is 0 Å². The van der Waals surface area contributed by atoms with Crippen molar-refractivity contribution in [3.8, 4) is 0 Å². The number of hydrogen-bond acceptors (Lipinski definition) is 3. The van der Waals surface area contributed by atoms with Crippen LogP contribution in [0.4, 0.5) is 5.82 Å². The average Bonchev–Trinajstić information content (AvgIpc) is 3.17. The summed E-state index contributed by atoms with van der Waals surface area (Å²) in [5, 5.41) is 16.7. The van der Waals surface area contributed by atoms with Crippen molar-refractivity contribution >= 4 is 62.3 Å². The zero-order valence-electron chi connectivity index (χ0n) is 14.4. The monoisotopic (exact) mass is 486 g/mol. The van der Waals surface area contributed by atoms with E-state index >= 15 is 0 Å². The summed E-state index contributed by atoms with van der Waals surface area (Å²) in [7, 11) is 0. The highest BCUT2D eigenvalue weighted by Gasteiger charge is 2.12. The number of aryl methyl sites for hydroxylation is 1. The van der Waals surface area contributed by atoms with E-state index < -0.39 is 0 Å². The second-order valence-corrected chi connectivity index (χ2v) is 7.75. The average molecular weight is 488 g/mol.